The average molecular weight is 784 g/mol. The van der Waals surface area contributed by atoms with Gasteiger partial charge in [-0.2, -0.15) is 0 Å². The van der Waals surface area contributed by atoms with Crippen LogP contribution in [-0.2, 0) is 14.3 Å². The summed E-state index contributed by atoms with van der Waals surface area (Å²) in [7, 11) is 0. The lowest BCUT2D eigenvalue weighted by molar-refractivity contribution is -0.151. The maximum absolute atomic E-state index is 13.1. The standard InChI is InChI=1S/C50H89NO5/c1-4-7-10-13-16-19-22-23-24-25-26-28-30-33-36-39-42-48(53)47(45-52)51-49(54)44-46(41-38-35-32-29-27-20-17-14-11-8-5-2)56-50(55)43-40-37-34-31-21-18-15-12-9-6-3/h8,11-12,14-15,17,20,27,29,32,46-48,52-53H,4-7,9-10,13,16,18-19,21-26,28,30-31,33-45H2,1-3H3,(H,51,54)/b11-8+,15-12-,17-14+,27-20-,32-29-. The van der Waals surface area contributed by atoms with E-state index in [0.717, 1.165) is 70.6 Å². The highest BCUT2D eigenvalue weighted by molar-refractivity contribution is 5.77. The third kappa shape index (κ3) is 38.4. The number of rotatable bonds is 41. The van der Waals surface area contributed by atoms with Gasteiger partial charge in [0.2, 0.25) is 5.91 Å². The molecule has 324 valence electrons. The minimum atomic E-state index is -0.806. The predicted octanol–water partition coefficient (Wildman–Crippen LogP) is 13.7. The van der Waals surface area contributed by atoms with Crippen LogP contribution in [0.5, 0.6) is 0 Å². The van der Waals surface area contributed by atoms with Crippen molar-refractivity contribution in [2.75, 3.05) is 6.61 Å². The highest BCUT2D eigenvalue weighted by Crippen LogP contribution is 2.17. The molecule has 0 aromatic rings. The number of allylic oxidation sites excluding steroid dienone is 10. The van der Waals surface area contributed by atoms with Crippen LogP contribution in [-0.4, -0.2) is 46.9 Å². The summed E-state index contributed by atoms with van der Waals surface area (Å²) in [5.74, 6) is -0.557. The molecule has 0 aromatic heterocycles. The molecule has 0 heterocycles. The van der Waals surface area contributed by atoms with Crippen LogP contribution < -0.4 is 5.32 Å². The van der Waals surface area contributed by atoms with Gasteiger partial charge < -0.3 is 20.3 Å². The Kier molecular flexibility index (Phi) is 41.8. The van der Waals surface area contributed by atoms with Gasteiger partial charge in [-0.05, 0) is 57.8 Å². The van der Waals surface area contributed by atoms with E-state index in [9.17, 15) is 19.8 Å². The van der Waals surface area contributed by atoms with E-state index in [0.29, 0.717) is 19.3 Å². The molecule has 3 atom stereocenters. The second kappa shape index (κ2) is 43.7. The van der Waals surface area contributed by atoms with Crippen molar-refractivity contribution in [3.63, 3.8) is 0 Å². The van der Waals surface area contributed by atoms with E-state index in [4.69, 9.17) is 4.74 Å². The zero-order valence-electron chi connectivity index (χ0n) is 36.8. The molecular weight excluding hydrogens is 695 g/mol. The van der Waals surface area contributed by atoms with Gasteiger partial charge in [0.05, 0.1) is 25.2 Å². The minimum absolute atomic E-state index is 0.0270. The van der Waals surface area contributed by atoms with Gasteiger partial charge >= 0.3 is 5.97 Å². The number of carbonyl (C=O) groups excluding carboxylic acids is 2. The number of esters is 1. The maximum atomic E-state index is 13.1. The van der Waals surface area contributed by atoms with Gasteiger partial charge in [-0.1, -0.05) is 210 Å². The molecule has 0 fully saturated rings. The van der Waals surface area contributed by atoms with E-state index >= 15 is 0 Å². The van der Waals surface area contributed by atoms with Crippen molar-refractivity contribution in [3.8, 4) is 0 Å². The van der Waals surface area contributed by atoms with Crippen LogP contribution in [0.4, 0.5) is 0 Å². The number of hydrogen-bond donors (Lipinski definition) is 3. The highest BCUT2D eigenvalue weighted by atomic mass is 16.5. The maximum Gasteiger partial charge on any atom is 0.306 e. The molecule has 56 heavy (non-hydrogen) atoms. The van der Waals surface area contributed by atoms with Crippen molar-refractivity contribution in [1.82, 2.24) is 5.32 Å². The number of carbonyl (C=O) groups is 2. The summed E-state index contributed by atoms with van der Waals surface area (Å²) in [4.78, 5) is 25.9. The molecule has 0 saturated carbocycles. The molecule has 0 aliphatic carbocycles. The first-order chi connectivity index (χ1) is 27.5. The van der Waals surface area contributed by atoms with Crippen LogP contribution in [0.1, 0.15) is 220 Å². The van der Waals surface area contributed by atoms with E-state index in [1.54, 1.807) is 0 Å². The van der Waals surface area contributed by atoms with E-state index in [1.165, 1.54) is 103 Å². The highest BCUT2D eigenvalue weighted by Gasteiger charge is 2.24. The van der Waals surface area contributed by atoms with Gasteiger partial charge in [-0.15, -0.1) is 0 Å². The number of hydrogen-bond acceptors (Lipinski definition) is 5. The largest absolute Gasteiger partial charge is 0.462 e. The van der Waals surface area contributed by atoms with Gasteiger partial charge in [-0.3, -0.25) is 9.59 Å². The molecule has 0 radical (unpaired) electrons. The predicted molar refractivity (Wildman–Crippen MR) is 241 cm³/mol. The van der Waals surface area contributed by atoms with Crippen molar-refractivity contribution in [2.24, 2.45) is 0 Å². The lowest BCUT2D eigenvalue weighted by atomic mass is 10.0. The minimum Gasteiger partial charge on any atom is -0.462 e. The van der Waals surface area contributed by atoms with Crippen molar-refractivity contribution in [1.29, 1.82) is 0 Å². The van der Waals surface area contributed by atoms with Gasteiger partial charge in [0.15, 0.2) is 0 Å². The second-order valence-corrected chi connectivity index (χ2v) is 15.9. The number of ether oxygens (including phenoxy) is 1. The van der Waals surface area contributed by atoms with Crippen LogP contribution in [0.3, 0.4) is 0 Å². The van der Waals surface area contributed by atoms with Crippen LogP contribution in [0.15, 0.2) is 60.8 Å². The number of amides is 1. The van der Waals surface area contributed by atoms with Gasteiger partial charge in [0, 0.05) is 6.42 Å². The molecule has 0 aromatic carbocycles. The Hall–Kier alpha value is -2.44. The molecular formula is C50H89NO5. The summed E-state index contributed by atoms with van der Waals surface area (Å²) in [5, 5.41) is 23.7. The van der Waals surface area contributed by atoms with E-state index in [2.05, 4.69) is 50.4 Å². The van der Waals surface area contributed by atoms with Gasteiger partial charge in [-0.25, -0.2) is 0 Å². The van der Waals surface area contributed by atoms with Crippen molar-refractivity contribution in [3.05, 3.63) is 60.8 Å². The second-order valence-electron chi connectivity index (χ2n) is 15.9. The topological polar surface area (TPSA) is 95.9 Å². The fourth-order valence-corrected chi connectivity index (χ4v) is 6.86. The van der Waals surface area contributed by atoms with Crippen LogP contribution >= 0.6 is 0 Å². The molecule has 1 amide bonds. The first-order valence-electron chi connectivity index (χ1n) is 23.6. The van der Waals surface area contributed by atoms with Crippen molar-refractivity contribution >= 4 is 11.9 Å². The molecule has 6 nitrogen and oxygen atoms in total. The van der Waals surface area contributed by atoms with E-state index in [-0.39, 0.29) is 24.9 Å². The Balaban J connectivity index is 4.57. The Morgan fingerprint density at radius 1 is 0.536 bits per heavy atom. The van der Waals surface area contributed by atoms with Crippen molar-refractivity contribution < 1.29 is 24.5 Å². The van der Waals surface area contributed by atoms with E-state index < -0.39 is 18.2 Å². The zero-order chi connectivity index (χ0) is 41.0. The fourth-order valence-electron chi connectivity index (χ4n) is 6.86. The smallest absolute Gasteiger partial charge is 0.306 e. The van der Waals surface area contributed by atoms with Crippen LogP contribution in [0, 0.1) is 0 Å². The quantitative estimate of drug-likeness (QED) is 0.0248. The molecule has 0 aliphatic rings. The average Bonchev–Trinajstić information content (AvgIpc) is 3.19. The first-order valence-corrected chi connectivity index (χ1v) is 23.6. The summed E-state index contributed by atoms with van der Waals surface area (Å²) in [6.07, 6.45) is 52.9. The summed E-state index contributed by atoms with van der Waals surface area (Å²) in [6, 6.07) is -0.724. The number of unbranched alkanes of at least 4 members (excludes halogenated alkanes) is 22. The number of aliphatic hydroxyl groups excluding tert-OH is 2. The Morgan fingerprint density at radius 2 is 1.04 bits per heavy atom. The Morgan fingerprint density at radius 3 is 1.61 bits per heavy atom. The number of nitrogens with one attached hydrogen (secondary N) is 1. The molecule has 6 heteroatoms. The zero-order valence-corrected chi connectivity index (χ0v) is 36.8. The van der Waals surface area contributed by atoms with Crippen LogP contribution in [0.2, 0.25) is 0 Å². The summed E-state index contributed by atoms with van der Waals surface area (Å²) in [6.45, 7) is 6.25. The monoisotopic (exact) mass is 784 g/mol. The fraction of sp³-hybridized carbons (Fsp3) is 0.760. The lowest BCUT2D eigenvalue weighted by Crippen LogP contribution is -2.46. The Bertz CT molecular complexity index is 1010. The summed E-state index contributed by atoms with van der Waals surface area (Å²) < 4.78 is 5.85. The summed E-state index contributed by atoms with van der Waals surface area (Å²) in [5.41, 5.74) is 0. The molecule has 0 rings (SSSR count). The molecule has 0 bridgehead atoms. The third-order valence-corrected chi connectivity index (χ3v) is 10.4. The molecule has 0 aliphatic heterocycles. The first kappa shape index (κ1) is 53.6. The third-order valence-electron chi connectivity index (χ3n) is 10.4. The molecule has 3 unspecified atom stereocenters. The number of aliphatic hydroxyl groups is 2. The van der Waals surface area contributed by atoms with E-state index in [1.807, 2.05) is 36.5 Å². The Labute approximate surface area is 346 Å². The van der Waals surface area contributed by atoms with Crippen LogP contribution in [0.25, 0.3) is 0 Å². The van der Waals surface area contributed by atoms with Gasteiger partial charge in [0.1, 0.15) is 6.10 Å². The molecule has 0 saturated heterocycles. The lowest BCUT2D eigenvalue weighted by Gasteiger charge is -2.24. The molecule has 0 spiro atoms. The SMILES string of the molecule is CC/C=C/C=C/C=C\C=C/CCCC(CC(=O)NC(CO)C(O)CCCCCCCCCCCCCCCCCC)OC(=O)CCCCCCC/C=C\CCC. The van der Waals surface area contributed by atoms with Gasteiger partial charge in [0.25, 0.3) is 0 Å². The van der Waals surface area contributed by atoms with Crippen molar-refractivity contribution in [2.45, 2.75) is 238 Å². The molecule has 3 N–H and O–H groups in total. The summed E-state index contributed by atoms with van der Waals surface area (Å²) >= 11 is 0. The normalized spacial score (nSPS) is 13.9.